The molecule has 0 spiro atoms. The van der Waals surface area contributed by atoms with Crippen molar-refractivity contribution in [2.45, 2.75) is 57.4 Å². The number of hydrogen-bond acceptors (Lipinski definition) is 7. The molecule has 7 nitrogen and oxygen atoms in total. The molecule has 208 valence electrons. The summed E-state index contributed by atoms with van der Waals surface area (Å²) in [6, 6.07) is 15.3. The van der Waals surface area contributed by atoms with E-state index < -0.39 is 5.41 Å². The van der Waals surface area contributed by atoms with Gasteiger partial charge in [0.25, 0.3) is 0 Å². The molecule has 1 aliphatic heterocycles. The molecule has 0 amide bonds. The van der Waals surface area contributed by atoms with Crippen LogP contribution in [-0.4, -0.2) is 65.6 Å². The molecule has 0 saturated carbocycles. The Morgan fingerprint density at radius 3 is 2.11 bits per heavy atom. The van der Waals surface area contributed by atoms with E-state index in [9.17, 15) is 5.26 Å². The average Bonchev–Trinajstić information content (AvgIpc) is 2.95. The number of benzene rings is 2. The second kappa shape index (κ2) is 14.3. The van der Waals surface area contributed by atoms with Gasteiger partial charge in [-0.2, -0.15) is 5.26 Å². The van der Waals surface area contributed by atoms with Gasteiger partial charge in [0.1, 0.15) is 0 Å². The number of piperidine rings is 1. The van der Waals surface area contributed by atoms with Crippen molar-refractivity contribution in [1.29, 1.82) is 5.26 Å². The van der Waals surface area contributed by atoms with E-state index >= 15 is 0 Å². The van der Waals surface area contributed by atoms with Crippen molar-refractivity contribution in [2.75, 3.05) is 54.6 Å². The third kappa shape index (κ3) is 7.12. The maximum Gasteiger partial charge on any atom is 0.161 e. The molecule has 1 aliphatic rings. The van der Waals surface area contributed by atoms with Crippen LogP contribution < -0.4 is 24.3 Å². The second-order valence-electron chi connectivity index (χ2n) is 10.4. The van der Waals surface area contributed by atoms with Gasteiger partial charge in [-0.1, -0.05) is 26.0 Å². The van der Waals surface area contributed by atoms with Gasteiger partial charge in [-0.05, 0) is 99.6 Å². The van der Waals surface area contributed by atoms with E-state index in [1.165, 1.54) is 5.56 Å². The van der Waals surface area contributed by atoms with Crippen molar-refractivity contribution in [3.05, 3.63) is 47.5 Å². The van der Waals surface area contributed by atoms with E-state index in [1.807, 2.05) is 24.3 Å². The SMILES string of the molecule is COc1ccc(CCNC2CCN(CCCC(C#N)(c3ccc(OC)c(OC)c3)C(C)C)CC2)cc1OC. The third-order valence-electron chi connectivity index (χ3n) is 8.01. The number of hydrogen-bond donors (Lipinski definition) is 1. The molecule has 1 heterocycles. The third-order valence-corrected chi connectivity index (χ3v) is 8.01. The van der Waals surface area contributed by atoms with Gasteiger partial charge in [-0.15, -0.1) is 0 Å². The van der Waals surface area contributed by atoms with Crippen LogP contribution in [0.2, 0.25) is 0 Å². The zero-order chi connectivity index (χ0) is 27.5. The first-order chi connectivity index (χ1) is 18.4. The van der Waals surface area contributed by atoms with Crippen LogP contribution in [-0.2, 0) is 11.8 Å². The lowest BCUT2D eigenvalue weighted by Crippen LogP contribution is -2.43. The first-order valence-corrected chi connectivity index (χ1v) is 13.7. The summed E-state index contributed by atoms with van der Waals surface area (Å²) in [5.41, 5.74) is 1.70. The predicted octanol–water partition coefficient (Wildman–Crippen LogP) is 5.22. The van der Waals surface area contributed by atoms with E-state index in [0.29, 0.717) is 17.5 Å². The van der Waals surface area contributed by atoms with E-state index in [4.69, 9.17) is 18.9 Å². The lowest BCUT2D eigenvalue weighted by Gasteiger charge is -2.35. The first kappa shape index (κ1) is 29.6. The fourth-order valence-corrected chi connectivity index (χ4v) is 5.53. The minimum absolute atomic E-state index is 0.186. The van der Waals surface area contributed by atoms with Crippen molar-refractivity contribution in [3.8, 4) is 29.1 Å². The Hall–Kier alpha value is -2.95. The highest BCUT2D eigenvalue weighted by Crippen LogP contribution is 2.40. The Bertz CT molecular complexity index is 1060. The summed E-state index contributed by atoms with van der Waals surface area (Å²) < 4.78 is 21.7. The van der Waals surface area contributed by atoms with Gasteiger partial charge in [0.15, 0.2) is 23.0 Å². The Morgan fingerprint density at radius 1 is 0.921 bits per heavy atom. The molecule has 1 saturated heterocycles. The molecule has 0 aliphatic carbocycles. The van der Waals surface area contributed by atoms with Crippen molar-refractivity contribution in [1.82, 2.24) is 10.2 Å². The van der Waals surface area contributed by atoms with Gasteiger partial charge < -0.3 is 29.2 Å². The number of methoxy groups -OCH3 is 4. The standard InChI is InChI=1S/C31H45N3O4/c1-23(2)31(22-32,25-9-11-28(36-4)30(21-25)38-6)15-7-17-34-18-13-26(14-19-34)33-16-12-24-8-10-27(35-3)29(20-24)37-5/h8-11,20-21,23,26,33H,7,12-19H2,1-6H3. The molecule has 0 aromatic heterocycles. The summed E-state index contributed by atoms with van der Waals surface area (Å²) in [4.78, 5) is 2.55. The average molecular weight is 524 g/mol. The maximum absolute atomic E-state index is 10.3. The molecule has 1 unspecified atom stereocenters. The number of likely N-dealkylation sites (tertiary alicyclic amines) is 1. The molecule has 3 rings (SSSR count). The second-order valence-corrected chi connectivity index (χ2v) is 10.4. The smallest absolute Gasteiger partial charge is 0.161 e. The van der Waals surface area contributed by atoms with Gasteiger partial charge in [-0.3, -0.25) is 0 Å². The lowest BCUT2D eigenvalue weighted by molar-refractivity contribution is 0.189. The monoisotopic (exact) mass is 523 g/mol. The molecule has 2 aromatic rings. The summed E-state index contributed by atoms with van der Waals surface area (Å²) in [5.74, 6) is 3.09. The van der Waals surface area contributed by atoms with Crippen molar-refractivity contribution in [2.24, 2.45) is 5.92 Å². The number of nitriles is 1. The summed E-state index contributed by atoms with van der Waals surface area (Å²) >= 11 is 0. The lowest BCUT2D eigenvalue weighted by atomic mass is 9.69. The fraction of sp³-hybridized carbons (Fsp3) is 0.581. The molecule has 1 N–H and O–H groups in total. The van der Waals surface area contributed by atoms with Crippen LogP contribution in [0.15, 0.2) is 36.4 Å². The fourth-order valence-electron chi connectivity index (χ4n) is 5.53. The van der Waals surface area contributed by atoms with Crippen LogP contribution in [0.4, 0.5) is 0 Å². The van der Waals surface area contributed by atoms with Gasteiger partial charge in [0, 0.05) is 6.04 Å². The number of nitrogens with one attached hydrogen (secondary N) is 1. The van der Waals surface area contributed by atoms with Crippen LogP contribution >= 0.6 is 0 Å². The Balaban J connectivity index is 1.47. The van der Waals surface area contributed by atoms with Crippen LogP contribution in [0.3, 0.4) is 0 Å². The van der Waals surface area contributed by atoms with E-state index in [0.717, 1.165) is 75.3 Å². The quantitative estimate of drug-likeness (QED) is 0.364. The molecule has 1 fully saturated rings. The highest BCUT2D eigenvalue weighted by Gasteiger charge is 2.36. The van der Waals surface area contributed by atoms with Crippen molar-refractivity contribution >= 4 is 0 Å². The molecule has 7 heteroatoms. The van der Waals surface area contributed by atoms with Crippen molar-refractivity contribution < 1.29 is 18.9 Å². The Morgan fingerprint density at radius 2 is 1.53 bits per heavy atom. The van der Waals surface area contributed by atoms with Gasteiger partial charge >= 0.3 is 0 Å². The molecule has 0 bridgehead atoms. The molecular weight excluding hydrogens is 478 g/mol. The minimum Gasteiger partial charge on any atom is -0.493 e. The Kier molecular flexibility index (Phi) is 11.1. The van der Waals surface area contributed by atoms with E-state index in [1.54, 1.807) is 28.4 Å². The van der Waals surface area contributed by atoms with Gasteiger partial charge in [-0.25, -0.2) is 0 Å². The van der Waals surface area contributed by atoms with Crippen LogP contribution in [0, 0.1) is 17.2 Å². The summed E-state index contributed by atoms with van der Waals surface area (Å²) in [7, 11) is 6.61. The van der Waals surface area contributed by atoms with Crippen LogP contribution in [0.25, 0.3) is 0 Å². The molecule has 1 atom stereocenters. The zero-order valence-electron chi connectivity index (χ0n) is 24.0. The highest BCUT2D eigenvalue weighted by atomic mass is 16.5. The number of rotatable bonds is 14. The largest absolute Gasteiger partial charge is 0.493 e. The maximum atomic E-state index is 10.3. The molecule has 0 radical (unpaired) electrons. The van der Waals surface area contributed by atoms with E-state index in [2.05, 4.69) is 42.3 Å². The topological polar surface area (TPSA) is 76.0 Å². The zero-order valence-corrected chi connectivity index (χ0v) is 24.0. The number of ether oxygens (including phenoxy) is 4. The predicted molar refractivity (Wildman–Crippen MR) is 152 cm³/mol. The summed E-state index contributed by atoms with van der Waals surface area (Å²) in [6.07, 6.45) is 5.06. The molecule has 2 aromatic carbocycles. The van der Waals surface area contributed by atoms with Gasteiger partial charge in [0.05, 0.1) is 39.9 Å². The highest BCUT2D eigenvalue weighted by molar-refractivity contribution is 5.47. The van der Waals surface area contributed by atoms with E-state index in [-0.39, 0.29) is 5.92 Å². The van der Waals surface area contributed by atoms with Crippen LogP contribution in [0.5, 0.6) is 23.0 Å². The van der Waals surface area contributed by atoms with Gasteiger partial charge in [0.2, 0.25) is 0 Å². The summed E-state index contributed by atoms with van der Waals surface area (Å²) in [6.45, 7) is 8.42. The molecule has 38 heavy (non-hydrogen) atoms. The normalized spacial score (nSPS) is 16.1. The minimum atomic E-state index is -0.552. The summed E-state index contributed by atoms with van der Waals surface area (Å²) in [5, 5.41) is 14.1. The first-order valence-electron chi connectivity index (χ1n) is 13.7. The van der Waals surface area contributed by atoms with Crippen molar-refractivity contribution in [3.63, 3.8) is 0 Å². The number of nitrogens with zero attached hydrogens (tertiary/aromatic N) is 2. The van der Waals surface area contributed by atoms with Crippen LogP contribution in [0.1, 0.15) is 50.7 Å². The molecular formula is C31H45N3O4. The Labute approximate surface area is 229 Å².